The van der Waals surface area contributed by atoms with Gasteiger partial charge in [0.2, 0.25) is 0 Å². The summed E-state index contributed by atoms with van der Waals surface area (Å²) in [5.74, 6) is 1.40. The van der Waals surface area contributed by atoms with Crippen LogP contribution in [0.2, 0.25) is 0 Å². The summed E-state index contributed by atoms with van der Waals surface area (Å²) < 4.78 is 0. The lowest BCUT2D eigenvalue weighted by Crippen LogP contribution is -2.58. The molecule has 2 heterocycles. The molecule has 1 spiro atoms. The van der Waals surface area contributed by atoms with Gasteiger partial charge < -0.3 is 4.90 Å². The highest BCUT2D eigenvalue weighted by Crippen LogP contribution is 2.38. The molecule has 0 bridgehead atoms. The summed E-state index contributed by atoms with van der Waals surface area (Å²) in [6.45, 7) is 9.24. The van der Waals surface area contributed by atoms with E-state index in [0.29, 0.717) is 19.1 Å². The first kappa shape index (κ1) is 22.2. The monoisotopic (exact) mass is 417 g/mol. The first-order chi connectivity index (χ1) is 13.9. The molecule has 1 atom stereocenters. The van der Waals surface area contributed by atoms with E-state index >= 15 is 0 Å². The van der Waals surface area contributed by atoms with Crippen LogP contribution in [0.5, 0.6) is 0 Å². The fraction of sp³-hybridized carbons (Fsp3) is 0.652. The van der Waals surface area contributed by atoms with Crippen molar-refractivity contribution in [2.45, 2.75) is 51.6 Å². The number of amides is 3. The molecule has 5 nitrogen and oxygen atoms in total. The van der Waals surface area contributed by atoms with Gasteiger partial charge in [0.25, 0.3) is 5.91 Å². The Hall–Kier alpha value is -1.53. The molecule has 1 unspecified atom stereocenters. The smallest absolute Gasteiger partial charge is 0.309 e. The molecule has 2 aliphatic rings. The minimum Gasteiger partial charge on any atom is -0.309 e. The highest BCUT2D eigenvalue weighted by Gasteiger charge is 2.57. The van der Waals surface area contributed by atoms with E-state index in [1.165, 1.54) is 10.5 Å². The number of imide groups is 1. The predicted octanol–water partition coefficient (Wildman–Crippen LogP) is 3.74. The van der Waals surface area contributed by atoms with Gasteiger partial charge >= 0.3 is 6.03 Å². The van der Waals surface area contributed by atoms with E-state index in [2.05, 4.69) is 44.1 Å². The Morgan fingerprint density at radius 3 is 2.31 bits per heavy atom. The number of hydrogen-bond donors (Lipinski definition) is 0. The van der Waals surface area contributed by atoms with Crippen LogP contribution in [0.1, 0.15) is 39.2 Å². The maximum absolute atomic E-state index is 13.5. The summed E-state index contributed by atoms with van der Waals surface area (Å²) in [5.41, 5.74) is 0.548. The minimum absolute atomic E-state index is 0.0291. The molecule has 1 aromatic rings. The lowest BCUT2D eigenvalue weighted by molar-refractivity contribution is -0.136. The quantitative estimate of drug-likeness (QED) is 0.605. The van der Waals surface area contributed by atoms with Gasteiger partial charge in [0.05, 0.1) is 0 Å². The van der Waals surface area contributed by atoms with Gasteiger partial charge in [0.15, 0.2) is 0 Å². The Balaban J connectivity index is 1.79. The standard InChI is InChI=1S/C23H35N3O2S/c1-18(2)16-25-21(27)23(11-14-24(15-12-23)19(3)17-29-4)26(22(25)28)13-10-20-8-6-5-7-9-20/h5-9,18-19H,10-17H2,1-4H3. The normalized spacial score (nSPS) is 20.9. The number of benzene rings is 1. The highest BCUT2D eigenvalue weighted by molar-refractivity contribution is 7.98. The number of carbonyl (C=O) groups is 2. The Kier molecular flexibility index (Phi) is 7.28. The van der Waals surface area contributed by atoms with Crippen LogP contribution in [-0.2, 0) is 11.2 Å². The van der Waals surface area contributed by atoms with E-state index in [9.17, 15) is 9.59 Å². The van der Waals surface area contributed by atoms with Crippen LogP contribution in [0.15, 0.2) is 30.3 Å². The van der Waals surface area contributed by atoms with Gasteiger partial charge in [-0.25, -0.2) is 4.79 Å². The van der Waals surface area contributed by atoms with Crippen molar-refractivity contribution in [2.24, 2.45) is 5.92 Å². The van der Waals surface area contributed by atoms with Crippen LogP contribution in [0.25, 0.3) is 0 Å². The second-order valence-electron chi connectivity index (χ2n) is 8.85. The van der Waals surface area contributed by atoms with Crippen molar-refractivity contribution in [3.05, 3.63) is 35.9 Å². The zero-order chi connectivity index (χ0) is 21.0. The Morgan fingerprint density at radius 2 is 1.72 bits per heavy atom. The number of rotatable bonds is 8. The molecule has 2 fully saturated rings. The third kappa shape index (κ3) is 4.64. The van der Waals surface area contributed by atoms with Crippen molar-refractivity contribution in [1.82, 2.24) is 14.7 Å². The van der Waals surface area contributed by atoms with E-state index in [0.717, 1.165) is 38.1 Å². The third-order valence-corrected chi connectivity index (χ3v) is 7.11. The van der Waals surface area contributed by atoms with Gasteiger partial charge in [-0.1, -0.05) is 44.2 Å². The average Bonchev–Trinajstić information content (AvgIpc) is 2.89. The Bertz CT molecular complexity index is 701. The van der Waals surface area contributed by atoms with Gasteiger partial charge in [-0.2, -0.15) is 11.8 Å². The first-order valence-corrected chi connectivity index (χ1v) is 12.2. The van der Waals surface area contributed by atoms with Crippen molar-refractivity contribution in [2.75, 3.05) is 38.2 Å². The van der Waals surface area contributed by atoms with Crippen molar-refractivity contribution < 1.29 is 9.59 Å². The zero-order valence-corrected chi connectivity index (χ0v) is 19.1. The fourth-order valence-electron chi connectivity index (χ4n) is 4.67. The molecule has 2 saturated heterocycles. The number of urea groups is 1. The number of hydrogen-bond acceptors (Lipinski definition) is 4. The molecule has 1 aromatic carbocycles. The Morgan fingerprint density at radius 1 is 1.07 bits per heavy atom. The molecule has 0 aromatic heterocycles. The number of likely N-dealkylation sites (tertiary alicyclic amines) is 1. The molecular formula is C23H35N3O2S. The topological polar surface area (TPSA) is 43.9 Å². The van der Waals surface area contributed by atoms with Crippen LogP contribution in [0, 0.1) is 5.92 Å². The number of carbonyl (C=O) groups excluding carboxylic acids is 2. The van der Waals surface area contributed by atoms with E-state index in [1.807, 2.05) is 34.9 Å². The molecule has 0 radical (unpaired) electrons. The Labute approximate surface area is 179 Å². The van der Waals surface area contributed by atoms with Gasteiger partial charge in [-0.05, 0) is 43.9 Å². The van der Waals surface area contributed by atoms with Gasteiger partial charge in [-0.3, -0.25) is 14.6 Å². The first-order valence-electron chi connectivity index (χ1n) is 10.8. The van der Waals surface area contributed by atoms with Gasteiger partial charge in [-0.15, -0.1) is 0 Å². The molecule has 3 amide bonds. The van der Waals surface area contributed by atoms with Gasteiger partial charge in [0.1, 0.15) is 5.54 Å². The molecule has 0 N–H and O–H groups in total. The SMILES string of the molecule is CSCC(C)N1CCC2(CC1)C(=O)N(CC(C)C)C(=O)N2CCc1ccccc1. The average molecular weight is 418 g/mol. The molecule has 0 aliphatic carbocycles. The highest BCUT2D eigenvalue weighted by atomic mass is 32.2. The second kappa shape index (κ2) is 9.52. The van der Waals surface area contributed by atoms with Gasteiger partial charge in [0, 0.05) is 38.0 Å². The van der Waals surface area contributed by atoms with E-state index in [-0.39, 0.29) is 17.9 Å². The van der Waals surface area contributed by atoms with Crippen molar-refractivity contribution in [3.8, 4) is 0 Å². The lowest BCUT2D eigenvalue weighted by Gasteiger charge is -2.44. The molecule has 2 aliphatic heterocycles. The maximum atomic E-state index is 13.5. The number of piperidine rings is 1. The summed E-state index contributed by atoms with van der Waals surface area (Å²) in [6, 6.07) is 10.6. The zero-order valence-electron chi connectivity index (χ0n) is 18.3. The molecule has 3 rings (SSSR count). The van der Waals surface area contributed by atoms with Crippen molar-refractivity contribution >= 4 is 23.7 Å². The fourth-order valence-corrected chi connectivity index (χ4v) is 5.36. The summed E-state index contributed by atoms with van der Waals surface area (Å²) in [5, 5.41) is 0. The summed E-state index contributed by atoms with van der Waals surface area (Å²) in [4.78, 5) is 32.7. The van der Waals surface area contributed by atoms with E-state index < -0.39 is 5.54 Å². The van der Waals surface area contributed by atoms with Crippen LogP contribution in [0.4, 0.5) is 4.79 Å². The van der Waals surface area contributed by atoms with Crippen LogP contribution >= 0.6 is 11.8 Å². The van der Waals surface area contributed by atoms with Crippen LogP contribution in [-0.4, -0.2) is 76.4 Å². The van der Waals surface area contributed by atoms with E-state index in [4.69, 9.17) is 0 Å². The minimum atomic E-state index is -0.656. The lowest BCUT2D eigenvalue weighted by atomic mass is 9.85. The summed E-state index contributed by atoms with van der Waals surface area (Å²) in [6.07, 6.45) is 4.39. The summed E-state index contributed by atoms with van der Waals surface area (Å²) in [7, 11) is 0. The van der Waals surface area contributed by atoms with E-state index in [1.54, 1.807) is 0 Å². The molecule has 29 heavy (non-hydrogen) atoms. The second-order valence-corrected chi connectivity index (χ2v) is 9.76. The van der Waals surface area contributed by atoms with Crippen molar-refractivity contribution in [1.29, 1.82) is 0 Å². The summed E-state index contributed by atoms with van der Waals surface area (Å²) >= 11 is 1.86. The maximum Gasteiger partial charge on any atom is 0.327 e. The molecule has 6 heteroatoms. The van der Waals surface area contributed by atoms with Crippen molar-refractivity contribution in [3.63, 3.8) is 0 Å². The predicted molar refractivity (Wildman–Crippen MR) is 120 cm³/mol. The number of thioether (sulfide) groups is 1. The molecule has 160 valence electrons. The van der Waals surface area contributed by atoms with Crippen LogP contribution < -0.4 is 0 Å². The molecular weight excluding hydrogens is 382 g/mol. The van der Waals surface area contributed by atoms with Crippen LogP contribution in [0.3, 0.4) is 0 Å². The number of nitrogens with zero attached hydrogens (tertiary/aromatic N) is 3. The largest absolute Gasteiger partial charge is 0.327 e. The third-order valence-electron chi connectivity index (χ3n) is 6.29. The molecule has 0 saturated carbocycles.